The topological polar surface area (TPSA) is 77.2 Å². The molecule has 0 radical (unpaired) electrons. The predicted octanol–water partition coefficient (Wildman–Crippen LogP) is 5.53. The largest absolute Gasteiger partial charge is 0.485 e. The highest BCUT2D eigenvalue weighted by molar-refractivity contribution is 6.18. The lowest BCUT2D eigenvalue weighted by Crippen LogP contribution is -2.22. The number of alkyl halides is 1. The van der Waals surface area contributed by atoms with Crippen LogP contribution in [0.25, 0.3) is 0 Å². The lowest BCUT2D eigenvalue weighted by atomic mass is 10.1. The third-order valence-corrected chi connectivity index (χ3v) is 4.69. The SMILES string of the molecule is O=[N+]([O-])c1ccc2c(c1OCCCl)C=NCN2c1ccc(Oc2ccccc2)cc1. The summed E-state index contributed by atoms with van der Waals surface area (Å²) in [6, 6.07) is 20.3. The van der Waals surface area contributed by atoms with E-state index in [4.69, 9.17) is 21.1 Å². The van der Waals surface area contributed by atoms with Crippen LogP contribution in [0, 0.1) is 10.1 Å². The van der Waals surface area contributed by atoms with Gasteiger partial charge >= 0.3 is 5.69 Å². The van der Waals surface area contributed by atoms with Gasteiger partial charge in [0, 0.05) is 18.0 Å². The highest BCUT2D eigenvalue weighted by Gasteiger charge is 2.26. The van der Waals surface area contributed by atoms with Crippen LogP contribution in [0.1, 0.15) is 5.56 Å². The van der Waals surface area contributed by atoms with E-state index in [1.807, 2.05) is 59.5 Å². The molecule has 0 saturated heterocycles. The van der Waals surface area contributed by atoms with Crippen molar-refractivity contribution >= 4 is 34.9 Å². The Hall–Kier alpha value is -3.58. The van der Waals surface area contributed by atoms with Crippen LogP contribution in [0.5, 0.6) is 17.2 Å². The number of aliphatic imine (C=N–C) groups is 1. The van der Waals surface area contributed by atoms with Crippen molar-refractivity contribution in [2.45, 2.75) is 0 Å². The molecule has 152 valence electrons. The molecule has 0 amide bonds. The van der Waals surface area contributed by atoms with Crippen molar-refractivity contribution < 1.29 is 14.4 Å². The summed E-state index contributed by atoms with van der Waals surface area (Å²) in [5.74, 6) is 1.87. The van der Waals surface area contributed by atoms with Gasteiger partial charge in [0.15, 0.2) is 0 Å². The molecule has 4 rings (SSSR count). The zero-order valence-electron chi connectivity index (χ0n) is 15.9. The average Bonchev–Trinajstić information content (AvgIpc) is 2.78. The highest BCUT2D eigenvalue weighted by Crippen LogP contribution is 2.41. The first-order chi connectivity index (χ1) is 14.7. The van der Waals surface area contributed by atoms with Gasteiger partial charge in [0.2, 0.25) is 5.75 Å². The van der Waals surface area contributed by atoms with E-state index in [0.717, 1.165) is 17.1 Å². The van der Waals surface area contributed by atoms with E-state index in [-0.39, 0.29) is 23.9 Å². The summed E-state index contributed by atoms with van der Waals surface area (Å²) in [4.78, 5) is 17.3. The maximum Gasteiger partial charge on any atom is 0.311 e. The van der Waals surface area contributed by atoms with E-state index < -0.39 is 4.92 Å². The number of halogens is 1. The highest BCUT2D eigenvalue weighted by atomic mass is 35.5. The van der Waals surface area contributed by atoms with Gasteiger partial charge in [-0.25, -0.2) is 0 Å². The molecule has 3 aromatic rings. The van der Waals surface area contributed by atoms with Crippen molar-refractivity contribution in [2.24, 2.45) is 4.99 Å². The van der Waals surface area contributed by atoms with Crippen LogP contribution in [0.3, 0.4) is 0 Å². The number of benzene rings is 3. The molecule has 0 spiro atoms. The maximum atomic E-state index is 11.4. The lowest BCUT2D eigenvalue weighted by molar-refractivity contribution is -0.385. The molecule has 1 aliphatic rings. The van der Waals surface area contributed by atoms with Crippen LogP contribution in [0.2, 0.25) is 0 Å². The van der Waals surface area contributed by atoms with Gasteiger partial charge in [-0.15, -0.1) is 11.6 Å². The second-order valence-corrected chi connectivity index (χ2v) is 6.81. The van der Waals surface area contributed by atoms with Crippen molar-refractivity contribution in [3.05, 3.63) is 82.4 Å². The molecule has 1 aliphatic heterocycles. The molecule has 0 bridgehead atoms. The summed E-state index contributed by atoms with van der Waals surface area (Å²) < 4.78 is 11.4. The standard InChI is InChI=1S/C22H18ClN3O4/c23-12-13-29-22-19-14-24-15-25(20(19)10-11-21(22)26(27)28)16-6-8-18(9-7-16)30-17-4-2-1-3-5-17/h1-11,14H,12-13,15H2. The summed E-state index contributed by atoms with van der Waals surface area (Å²) in [6.45, 7) is 0.552. The first-order valence-corrected chi connectivity index (χ1v) is 9.81. The Morgan fingerprint density at radius 3 is 2.47 bits per heavy atom. The minimum Gasteiger partial charge on any atom is -0.485 e. The molecule has 8 heteroatoms. The van der Waals surface area contributed by atoms with E-state index in [1.165, 1.54) is 6.07 Å². The van der Waals surface area contributed by atoms with Gasteiger partial charge in [0.25, 0.3) is 0 Å². The number of anilines is 2. The van der Waals surface area contributed by atoms with Gasteiger partial charge < -0.3 is 14.4 Å². The number of rotatable bonds is 7. The lowest BCUT2D eigenvalue weighted by Gasteiger charge is -2.28. The van der Waals surface area contributed by atoms with Gasteiger partial charge in [-0.05, 0) is 42.5 Å². The third kappa shape index (κ3) is 4.06. The van der Waals surface area contributed by atoms with Crippen molar-refractivity contribution in [3.8, 4) is 17.2 Å². The summed E-state index contributed by atoms with van der Waals surface area (Å²) in [5.41, 5.74) is 2.10. The maximum absolute atomic E-state index is 11.4. The van der Waals surface area contributed by atoms with Crippen molar-refractivity contribution in [3.63, 3.8) is 0 Å². The Morgan fingerprint density at radius 2 is 1.77 bits per heavy atom. The molecule has 7 nitrogen and oxygen atoms in total. The second kappa shape index (κ2) is 8.84. The fourth-order valence-electron chi connectivity index (χ4n) is 3.20. The molecule has 0 unspecified atom stereocenters. The minimum atomic E-state index is -0.466. The van der Waals surface area contributed by atoms with Crippen LogP contribution in [-0.4, -0.2) is 30.3 Å². The molecule has 0 saturated carbocycles. The molecule has 0 N–H and O–H groups in total. The third-order valence-electron chi connectivity index (χ3n) is 4.53. The zero-order chi connectivity index (χ0) is 20.9. The number of nitrogens with zero attached hydrogens (tertiary/aromatic N) is 3. The van der Waals surface area contributed by atoms with E-state index in [2.05, 4.69) is 4.99 Å². The monoisotopic (exact) mass is 423 g/mol. The number of para-hydroxylation sites is 1. The number of ether oxygens (including phenoxy) is 2. The normalized spacial score (nSPS) is 12.4. The van der Waals surface area contributed by atoms with E-state index in [0.29, 0.717) is 18.0 Å². The van der Waals surface area contributed by atoms with Crippen LogP contribution in [-0.2, 0) is 0 Å². The van der Waals surface area contributed by atoms with Crippen molar-refractivity contribution in [2.75, 3.05) is 24.1 Å². The first-order valence-electron chi connectivity index (χ1n) is 9.28. The predicted molar refractivity (Wildman–Crippen MR) is 117 cm³/mol. The molecule has 0 aliphatic carbocycles. The number of fused-ring (bicyclic) bond motifs is 1. The fourth-order valence-corrected chi connectivity index (χ4v) is 3.28. The number of nitro benzene ring substituents is 1. The molecule has 0 fully saturated rings. The van der Waals surface area contributed by atoms with Gasteiger partial charge in [0.1, 0.15) is 24.8 Å². The summed E-state index contributed by atoms with van der Waals surface area (Å²) in [7, 11) is 0. The minimum absolute atomic E-state index is 0.112. The summed E-state index contributed by atoms with van der Waals surface area (Å²) in [5, 5.41) is 11.4. The second-order valence-electron chi connectivity index (χ2n) is 6.43. The Bertz CT molecular complexity index is 1070. The number of hydrogen-bond acceptors (Lipinski definition) is 6. The molecular weight excluding hydrogens is 406 g/mol. The van der Waals surface area contributed by atoms with Crippen LogP contribution in [0.4, 0.5) is 17.1 Å². The van der Waals surface area contributed by atoms with Crippen molar-refractivity contribution in [1.82, 2.24) is 0 Å². The quantitative estimate of drug-likeness (QED) is 0.283. The first kappa shape index (κ1) is 19.7. The molecule has 30 heavy (non-hydrogen) atoms. The average molecular weight is 424 g/mol. The zero-order valence-corrected chi connectivity index (χ0v) is 16.7. The Labute approximate surface area is 178 Å². The number of nitro groups is 1. The smallest absolute Gasteiger partial charge is 0.311 e. The fraction of sp³-hybridized carbons (Fsp3) is 0.136. The molecular formula is C22H18ClN3O4. The van der Waals surface area contributed by atoms with Gasteiger partial charge in [-0.2, -0.15) is 0 Å². The van der Waals surface area contributed by atoms with Crippen LogP contribution < -0.4 is 14.4 Å². The van der Waals surface area contributed by atoms with E-state index in [9.17, 15) is 10.1 Å². The molecule has 0 aromatic heterocycles. The van der Waals surface area contributed by atoms with E-state index >= 15 is 0 Å². The van der Waals surface area contributed by atoms with Crippen LogP contribution in [0.15, 0.2) is 71.7 Å². The van der Waals surface area contributed by atoms with Gasteiger partial charge in [-0.1, -0.05) is 18.2 Å². The van der Waals surface area contributed by atoms with E-state index in [1.54, 1.807) is 12.3 Å². The summed E-state index contributed by atoms with van der Waals surface area (Å²) in [6.07, 6.45) is 1.61. The molecule has 0 atom stereocenters. The van der Waals surface area contributed by atoms with Gasteiger partial charge in [-0.3, -0.25) is 15.1 Å². The number of hydrogen-bond donors (Lipinski definition) is 0. The Morgan fingerprint density at radius 1 is 1.03 bits per heavy atom. The Balaban J connectivity index is 1.64. The van der Waals surface area contributed by atoms with Crippen LogP contribution >= 0.6 is 11.6 Å². The summed E-state index contributed by atoms with van der Waals surface area (Å²) >= 11 is 5.71. The molecule has 1 heterocycles. The molecule has 3 aromatic carbocycles. The van der Waals surface area contributed by atoms with Gasteiger partial charge in [0.05, 0.1) is 22.1 Å². The Kier molecular flexibility index (Phi) is 5.81. The van der Waals surface area contributed by atoms with Crippen molar-refractivity contribution in [1.29, 1.82) is 0 Å².